The maximum absolute atomic E-state index is 12.8. The number of rotatable bonds is 2. The fraction of sp³-hybridized carbons (Fsp3) is 0.333. The molecule has 0 aliphatic rings. The van der Waals surface area contributed by atoms with Gasteiger partial charge in [-0.1, -0.05) is 39.0 Å². The first-order valence-corrected chi connectivity index (χ1v) is 7.47. The second kappa shape index (κ2) is 5.82. The second-order valence-electron chi connectivity index (χ2n) is 5.75. The van der Waals surface area contributed by atoms with Crippen LogP contribution in [0.3, 0.4) is 0 Å². The number of nitrogens with one attached hydrogen (secondary N) is 1. The first kappa shape index (κ1) is 16.1. The number of hydrogen-bond acceptors (Lipinski definition) is 2. The molecule has 2 aromatic rings. The smallest absolute Gasteiger partial charge is 0.264 e. The lowest BCUT2D eigenvalue weighted by Gasteiger charge is -2.19. The third-order valence-electron chi connectivity index (χ3n) is 2.99. The number of hydrogen-bond donors (Lipinski definition) is 1. The monoisotopic (exact) mass is 404 g/mol. The van der Waals surface area contributed by atoms with E-state index in [9.17, 15) is 13.6 Å². The van der Waals surface area contributed by atoms with Gasteiger partial charge in [-0.25, -0.2) is 13.8 Å². The molecule has 1 N–H and O–H groups in total. The van der Waals surface area contributed by atoms with Crippen LogP contribution in [0.2, 0.25) is 0 Å². The van der Waals surface area contributed by atoms with Gasteiger partial charge in [-0.05, 0) is 28.7 Å². The normalized spacial score (nSPS) is 12.0. The topological polar surface area (TPSA) is 45.8 Å². The Labute approximate surface area is 135 Å². The van der Waals surface area contributed by atoms with E-state index in [2.05, 4.69) is 9.97 Å². The molecule has 0 bridgehead atoms. The Kier molecular flexibility index (Phi) is 4.46. The summed E-state index contributed by atoms with van der Waals surface area (Å²) in [6.45, 7) is 5.86. The van der Waals surface area contributed by atoms with E-state index in [1.54, 1.807) is 6.07 Å². The summed E-state index contributed by atoms with van der Waals surface area (Å²) in [4.78, 5) is 19.2. The fourth-order valence-corrected chi connectivity index (χ4v) is 2.98. The van der Waals surface area contributed by atoms with Gasteiger partial charge < -0.3 is 4.98 Å². The van der Waals surface area contributed by atoms with Crippen molar-refractivity contribution in [3.05, 3.63) is 49.4 Å². The number of benzene rings is 1. The van der Waals surface area contributed by atoms with Crippen molar-refractivity contribution >= 4 is 22.6 Å². The van der Waals surface area contributed by atoms with Crippen LogP contribution in [0.1, 0.15) is 38.5 Å². The van der Waals surface area contributed by atoms with E-state index < -0.39 is 6.43 Å². The summed E-state index contributed by atoms with van der Waals surface area (Å²) in [5.74, 6) is 0.313. The molecule has 0 amide bonds. The zero-order chi connectivity index (χ0) is 15.8. The Morgan fingerprint density at radius 1 is 1.29 bits per heavy atom. The summed E-state index contributed by atoms with van der Waals surface area (Å²) in [6, 6.07) is 5.89. The molecule has 1 aromatic heterocycles. The van der Waals surface area contributed by atoms with Crippen molar-refractivity contribution in [2.45, 2.75) is 32.6 Å². The molecule has 0 saturated heterocycles. The minimum absolute atomic E-state index is 0.0917. The van der Waals surface area contributed by atoms with Crippen LogP contribution in [0.5, 0.6) is 0 Å². The summed E-state index contributed by atoms with van der Waals surface area (Å²) >= 11 is 1.96. The van der Waals surface area contributed by atoms with Crippen LogP contribution in [0.15, 0.2) is 29.1 Å². The van der Waals surface area contributed by atoms with Crippen LogP contribution in [0.25, 0.3) is 11.4 Å². The quantitative estimate of drug-likeness (QED) is 0.760. The van der Waals surface area contributed by atoms with Gasteiger partial charge in [0.25, 0.3) is 12.0 Å². The van der Waals surface area contributed by atoms with Gasteiger partial charge >= 0.3 is 0 Å². The number of aromatic nitrogens is 2. The van der Waals surface area contributed by atoms with E-state index in [1.165, 1.54) is 18.2 Å². The molecule has 1 aromatic carbocycles. The Balaban J connectivity index is 2.63. The third kappa shape index (κ3) is 3.48. The van der Waals surface area contributed by atoms with E-state index in [-0.39, 0.29) is 16.5 Å². The van der Waals surface area contributed by atoms with Gasteiger partial charge in [-0.15, -0.1) is 0 Å². The molecule has 21 heavy (non-hydrogen) atoms. The number of H-pyrrole nitrogens is 1. The van der Waals surface area contributed by atoms with Gasteiger partial charge in [0.15, 0.2) is 0 Å². The molecule has 112 valence electrons. The summed E-state index contributed by atoms with van der Waals surface area (Å²) in [5, 5.41) is 0. The van der Waals surface area contributed by atoms with Gasteiger partial charge in [0.2, 0.25) is 0 Å². The molecule has 2 rings (SSSR count). The van der Waals surface area contributed by atoms with Crippen LogP contribution in [0, 0.1) is 3.57 Å². The summed E-state index contributed by atoms with van der Waals surface area (Å²) in [6.07, 6.45) is -2.55. The fourth-order valence-electron chi connectivity index (χ4n) is 1.91. The van der Waals surface area contributed by atoms with Crippen LogP contribution < -0.4 is 5.56 Å². The molecule has 6 heteroatoms. The standard InChI is InChI=1S/C15H15F2IN2O/c1-15(2,3)11-10(18)14(21)20-13(19-11)9-6-4-5-8(7-9)12(16)17/h4-7,12H,1-3H3,(H,19,20,21). The Morgan fingerprint density at radius 2 is 1.95 bits per heavy atom. The maximum Gasteiger partial charge on any atom is 0.264 e. The summed E-state index contributed by atoms with van der Waals surface area (Å²) in [5.41, 5.74) is 0.481. The molecule has 0 fully saturated rings. The molecule has 0 aliphatic carbocycles. The highest BCUT2D eigenvalue weighted by Crippen LogP contribution is 2.27. The van der Waals surface area contributed by atoms with Gasteiger partial charge in [0.1, 0.15) is 9.39 Å². The maximum atomic E-state index is 12.8. The Hall–Kier alpha value is -1.31. The van der Waals surface area contributed by atoms with Crippen molar-refractivity contribution in [1.82, 2.24) is 9.97 Å². The highest BCUT2D eigenvalue weighted by molar-refractivity contribution is 14.1. The zero-order valence-corrected chi connectivity index (χ0v) is 14.0. The predicted molar refractivity (Wildman–Crippen MR) is 86.7 cm³/mol. The van der Waals surface area contributed by atoms with Crippen molar-refractivity contribution in [3.8, 4) is 11.4 Å². The van der Waals surface area contributed by atoms with Crippen molar-refractivity contribution < 1.29 is 8.78 Å². The van der Waals surface area contributed by atoms with Crippen molar-refractivity contribution in [2.24, 2.45) is 0 Å². The highest BCUT2D eigenvalue weighted by atomic mass is 127. The molecule has 0 unspecified atom stereocenters. The minimum atomic E-state index is -2.55. The van der Waals surface area contributed by atoms with Crippen LogP contribution in [-0.2, 0) is 5.41 Å². The molecular weight excluding hydrogens is 389 g/mol. The van der Waals surface area contributed by atoms with E-state index in [4.69, 9.17) is 0 Å². The van der Waals surface area contributed by atoms with Gasteiger partial charge in [-0.3, -0.25) is 4.79 Å². The van der Waals surface area contributed by atoms with Crippen molar-refractivity contribution in [1.29, 1.82) is 0 Å². The predicted octanol–water partition coefficient (Wildman–Crippen LogP) is 4.28. The van der Waals surface area contributed by atoms with Gasteiger partial charge in [-0.2, -0.15) is 0 Å². The average Bonchev–Trinajstić information content (AvgIpc) is 2.40. The number of alkyl halides is 2. The third-order valence-corrected chi connectivity index (χ3v) is 3.99. The largest absolute Gasteiger partial charge is 0.306 e. The first-order chi connectivity index (χ1) is 9.70. The Bertz CT molecular complexity index is 720. The van der Waals surface area contributed by atoms with E-state index in [0.29, 0.717) is 20.7 Å². The van der Waals surface area contributed by atoms with Crippen molar-refractivity contribution in [3.63, 3.8) is 0 Å². The van der Waals surface area contributed by atoms with E-state index in [1.807, 2.05) is 43.4 Å². The molecule has 3 nitrogen and oxygen atoms in total. The molecular formula is C15H15F2IN2O. The van der Waals surface area contributed by atoms with Gasteiger partial charge in [0, 0.05) is 16.5 Å². The average molecular weight is 404 g/mol. The van der Waals surface area contributed by atoms with Crippen LogP contribution in [-0.4, -0.2) is 9.97 Å². The first-order valence-electron chi connectivity index (χ1n) is 6.39. The van der Waals surface area contributed by atoms with E-state index in [0.717, 1.165) is 0 Å². The number of halogens is 3. The molecule has 1 heterocycles. The lowest BCUT2D eigenvalue weighted by atomic mass is 9.92. The zero-order valence-electron chi connectivity index (χ0n) is 11.9. The molecule has 0 atom stereocenters. The lowest BCUT2D eigenvalue weighted by molar-refractivity contribution is 0.151. The summed E-state index contributed by atoms with van der Waals surface area (Å²) < 4.78 is 26.1. The highest BCUT2D eigenvalue weighted by Gasteiger charge is 2.22. The number of aromatic amines is 1. The molecule has 0 saturated carbocycles. The molecule has 0 spiro atoms. The summed E-state index contributed by atoms with van der Waals surface area (Å²) in [7, 11) is 0. The lowest BCUT2D eigenvalue weighted by Crippen LogP contribution is -2.24. The van der Waals surface area contributed by atoms with Crippen molar-refractivity contribution in [2.75, 3.05) is 0 Å². The second-order valence-corrected chi connectivity index (χ2v) is 6.83. The van der Waals surface area contributed by atoms with Gasteiger partial charge in [0.05, 0.1) is 5.69 Å². The minimum Gasteiger partial charge on any atom is -0.306 e. The molecule has 0 radical (unpaired) electrons. The SMILES string of the molecule is CC(C)(C)c1nc(-c2cccc(C(F)F)c2)[nH]c(=O)c1I. The van der Waals surface area contributed by atoms with Crippen LogP contribution >= 0.6 is 22.6 Å². The molecule has 0 aliphatic heterocycles. The number of nitrogens with zero attached hydrogens (tertiary/aromatic N) is 1. The Morgan fingerprint density at radius 3 is 2.52 bits per heavy atom. The van der Waals surface area contributed by atoms with Crippen LogP contribution in [0.4, 0.5) is 8.78 Å². The van der Waals surface area contributed by atoms with E-state index >= 15 is 0 Å².